The van der Waals surface area contributed by atoms with Crippen LogP contribution in [0.2, 0.25) is 0 Å². The standard InChI is InChI=1S/C27H26N4OS/c1-16-9-10-22(11-17(16)2)30-26(32)21(14-28)13-20-12-18(3)31(19(20)4)27-24(15-29)23-7-5-6-8-25(23)33-27/h9-13H,5-8H2,1-4H3,(H,30,32)/b21-13-. The van der Waals surface area contributed by atoms with Crippen LogP contribution in [0.4, 0.5) is 5.69 Å². The lowest BCUT2D eigenvalue weighted by atomic mass is 9.96. The van der Waals surface area contributed by atoms with Crippen molar-refractivity contribution in [2.75, 3.05) is 5.32 Å². The van der Waals surface area contributed by atoms with Gasteiger partial charge in [-0.05, 0) is 99.9 Å². The van der Waals surface area contributed by atoms with E-state index in [1.807, 2.05) is 58.0 Å². The third-order valence-electron chi connectivity index (χ3n) is 6.37. The molecule has 0 bridgehead atoms. The molecule has 2 heterocycles. The van der Waals surface area contributed by atoms with Crippen LogP contribution in [0, 0.1) is 50.4 Å². The number of aryl methyl sites for hydroxylation is 4. The summed E-state index contributed by atoms with van der Waals surface area (Å²) in [5.41, 5.74) is 7.56. The van der Waals surface area contributed by atoms with Gasteiger partial charge in [-0.25, -0.2) is 0 Å². The van der Waals surface area contributed by atoms with Gasteiger partial charge in [0.2, 0.25) is 0 Å². The molecule has 0 unspecified atom stereocenters. The monoisotopic (exact) mass is 454 g/mol. The zero-order valence-corrected chi connectivity index (χ0v) is 20.2. The minimum absolute atomic E-state index is 0.0412. The molecule has 0 saturated heterocycles. The van der Waals surface area contributed by atoms with Gasteiger partial charge in [0.1, 0.15) is 22.7 Å². The maximum absolute atomic E-state index is 12.8. The summed E-state index contributed by atoms with van der Waals surface area (Å²) >= 11 is 1.69. The molecule has 0 fully saturated rings. The molecule has 5 nitrogen and oxygen atoms in total. The van der Waals surface area contributed by atoms with E-state index < -0.39 is 5.91 Å². The van der Waals surface area contributed by atoms with E-state index in [1.54, 1.807) is 17.4 Å². The van der Waals surface area contributed by atoms with Crippen molar-refractivity contribution in [1.29, 1.82) is 10.5 Å². The third kappa shape index (κ3) is 4.23. The lowest BCUT2D eigenvalue weighted by Crippen LogP contribution is -2.13. The van der Waals surface area contributed by atoms with Crippen molar-refractivity contribution >= 4 is 29.0 Å². The van der Waals surface area contributed by atoms with E-state index in [-0.39, 0.29) is 5.57 Å². The molecule has 2 aromatic heterocycles. The highest BCUT2D eigenvalue weighted by atomic mass is 32.1. The summed E-state index contributed by atoms with van der Waals surface area (Å²) in [5.74, 6) is -0.435. The Balaban J connectivity index is 1.69. The zero-order chi connectivity index (χ0) is 23.7. The van der Waals surface area contributed by atoms with Crippen molar-refractivity contribution in [3.63, 3.8) is 0 Å². The molecule has 1 aromatic carbocycles. The molecule has 1 N–H and O–H groups in total. The van der Waals surface area contributed by atoms with Crippen LogP contribution < -0.4 is 5.32 Å². The smallest absolute Gasteiger partial charge is 0.266 e. The molecule has 166 valence electrons. The number of aromatic nitrogens is 1. The van der Waals surface area contributed by atoms with Crippen LogP contribution in [-0.4, -0.2) is 10.5 Å². The van der Waals surface area contributed by atoms with E-state index in [9.17, 15) is 15.3 Å². The molecule has 1 amide bonds. The van der Waals surface area contributed by atoms with Gasteiger partial charge in [0, 0.05) is 22.0 Å². The number of nitriles is 2. The van der Waals surface area contributed by atoms with Gasteiger partial charge in [-0.2, -0.15) is 10.5 Å². The Kier molecular flexibility index (Phi) is 6.22. The first-order chi connectivity index (χ1) is 15.8. The summed E-state index contributed by atoms with van der Waals surface area (Å²) in [6.45, 7) is 7.96. The minimum Gasteiger partial charge on any atom is -0.321 e. The summed E-state index contributed by atoms with van der Waals surface area (Å²) in [5, 5.41) is 23.3. The first-order valence-electron chi connectivity index (χ1n) is 11.1. The number of thiophene rings is 1. The number of rotatable bonds is 4. The summed E-state index contributed by atoms with van der Waals surface area (Å²) in [6.07, 6.45) is 5.90. The number of hydrogen-bond acceptors (Lipinski definition) is 4. The molecule has 0 atom stereocenters. The van der Waals surface area contributed by atoms with Gasteiger partial charge < -0.3 is 9.88 Å². The predicted octanol–water partition coefficient (Wildman–Crippen LogP) is 6.07. The van der Waals surface area contributed by atoms with E-state index in [1.165, 1.54) is 10.4 Å². The number of anilines is 1. The lowest BCUT2D eigenvalue weighted by molar-refractivity contribution is -0.112. The van der Waals surface area contributed by atoms with Gasteiger partial charge >= 0.3 is 0 Å². The maximum Gasteiger partial charge on any atom is 0.266 e. The van der Waals surface area contributed by atoms with Crippen molar-refractivity contribution in [3.05, 3.63) is 73.9 Å². The molecular formula is C27H26N4OS. The molecule has 0 aliphatic heterocycles. The highest BCUT2D eigenvalue weighted by molar-refractivity contribution is 7.15. The van der Waals surface area contributed by atoms with Gasteiger partial charge in [-0.3, -0.25) is 4.79 Å². The van der Waals surface area contributed by atoms with E-state index in [4.69, 9.17) is 0 Å². The third-order valence-corrected chi connectivity index (χ3v) is 7.64. The van der Waals surface area contributed by atoms with Crippen LogP contribution in [0.25, 0.3) is 11.1 Å². The molecule has 1 aliphatic rings. The van der Waals surface area contributed by atoms with Gasteiger partial charge in [0.15, 0.2) is 0 Å². The fourth-order valence-corrected chi connectivity index (χ4v) is 5.84. The number of benzene rings is 1. The van der Waals surface area contributed by atoms with E-state index in [0.29, 0.717) is 5.69 Å². The molecule has 1 aliphatic carbocycles. The largest absolute Gasteiger partial charge is 0.321 e. The molecule has 0 radical (unpaired) electrons. The topological polar surface area (TPSA) is 81.6 Å². The number of nitrogens with one attached hydrogen (secondary N) is 1. The minimum atomic E-state index is -0.435. The Morgan fingerprint density at radius 1 is 1.09 bits per heavy atom. The number of fused-ring (bicyclic) bond motifs is 1. The number of carbonyl (C=O) groups excluding carboxylic acids is 1. The van der Waals surface area contributed by atoms with Gasteiger partial charge in [-0.1, -0.05) is 6.07 Å². The number of amides is 1. The fourth-order valence-electron chi connectivity index (χ4n) is 4.39. The van der Waals surface area contributed by atoms with Crippen molar-refractivity contribution in [2.45, 2.75) is 53.4 Å². The second kappa shape index (κ2) is 9.10. The van der Waals surface area contributed by atoms with E-state index in [0.717, 1.165) is 64.3 Å². The molecule has 3 aromatic rings. The predicted molar refractivity (Wildman–Crippen MR) is 133 cm³/mol. The fraction of sp³-hybridized carbons (Fsp3) is 0.296. The molecular weight excluding hydrogens is 428 g/mol. The first kappa shape index (κ1) is 22.6. The quantitative estimate of drug-likeness (QED) is 0.384. The Morgan fingerprint density at radius 3 is 2.55 bits per heavy atom. The number of nitrogens with zero attached hydrogens (tertiary/aromatic N) is 3. The second-order valence-corrected chi connectivity index (χ2v) is 9.67. The SMILES string of the molecule is Cc1ccc(NC(=O)/C(C#N)=C\c2cc(C)n(-c3sc4c(c3C#N)CCCC4)c2C)cc1C. The van der Waals surface area contributed by atoms with Gasteiger partial charge in [0.25, 0.3) is 5.91 Å². The zero-order valence-electron chi connectivity index (χ0n) is 19.4. The number of hydrogen-bond donors (Lipinski definition) is 1. The van der Waals surface area contributed by atoms with Crippen LogP contribution in [0.15, 0.2) is 29.8 Å². The Labute approximate surface area is 198 Å². The molecule has 0 saturated carbocycles. The van der Waals surface area contributed by atoms with Crippen LogP contribution in [0.1, 0.15) is 56.9 Å². The maximum atomic E-state index is 12.8. The summed E-state index contributed by atoms with van der Waals surface area (Å²) < 4.78 is 2.09. The lowest BCUT2D eigenvalue weighted by Gasteiger charge is -2.10. The first-order valence-corrected chi connectivity index (χ1v) is 11.9. The van der Waals surface area contributed by atoms with E-state index in [2.05, 4.69) is 16.0 Å². The van der Waals surface area contributed by atoms with Crippen molar-refractivity contribution < 1.29 is 4.79 Å². The second-order valence-electron chi connectivity index (χ2n) is 8.59. The van der Waals surface area contributed by atoms with Crippen LogP contribution in [0.3, 0.4) is 0 Å². The van der Waals surface area contributed by atoms with Gasteiger partial charge in [-0.15, -0.1) is 11.3 Å². The van der Waals surface area contributed by atoms with Crippen LogP contribution in [0.5, 0.6) is 0 Å². The molecule has 6 heteroatoms. The van der Waals surface area contributed by atoms with Crippen molar-refractivity contribution in [3.8, 4) is 17.1 Å². The summed E-state index contributed by atoms with van der Waals surface area (Å²) in [6, 6.07) is 12.1. The molecule has 33 heavy (non-hydrogen) atoms. The summed E-state index contributed by atoms with van der Waals surface area (Å²) in [7, 11) is 0. The van der Waals surface area contributed by atoms with Crippen LogP contribution >= 0.6 is 11.3 Å². The van der Waals surface area contributed by atoms with Crippen molar-refractivity contribution in [1.82, 2.24) is 4.57 Å². The highest BCUT2D eigenvalue weighted by Crippen LogP contribution is 2.38. The van der Waals surface area contributed by atoms with Gasteiger partial charge in [0.05, 0.1) is 5.56 Å². The molecule has 4 rings (SSSR count). The average Bonchev–Trinajstić information content (AvgIpc) is 3.29. The molecule has 0 spiro atoms. The van der Waals surface area contributed by atoms with E-state index >= 15 is 0 Å². The van der Waals surface area contributed by atoms with Crippen LogP contribution in [-0.2, 0) is 17.6 Å². The Bertz CT molecular complexity index is 1370. The Hall–Kier alpha value is -3.61. The average molecular weight is 455 g/mol. The highest BCUT2D eigenvalue weighted by Gasteiger charge is 2.24. The Morgan fingerprint density at radius 2 is 1.85 bits per heavy atom. The summed E-state index contributed by atoms with van der Waals surface area (Å²) in [4.78, 5) is 14.1. The van der Waals surface area contributed by atoms with Crippen molar-refractivity contribution in [2.24, 2.45) is 0 Å². The normalized spacial score (nSPS) is 13.2. The number of carbonyl (C=O) groups is 1.